The molecule has 2 aliphatic carbocycles. The smallest absolute Gasteiger partial charge is 0.244 e. The second-order valence-electron chi connectivity index (χ2n) is 10.4. The minimum absolute atomic E-state index is 0.0718. The molecular formula is C27H31N3O3S2. The van der Waals surface area contributed by atoms with Crippen LogP contribution in [-0.2, 0) is 14.8 Å². The van der Waals surface area contributed by atoms with E-state index >= 15 is 0 Å². The zero-order valence-corrected chi connectivity index (χ0v) is 21.6. The van der Waals surface area contributed by atoms with Crippen molar-refractivity contribution in [3.05, 3.63) is 60.7 Å². The number of benzene rings is 2. The molecule has 184 valence electrons. The number of sulfonamides is 1. The Labute approximate surface area is 211 Å². The second-order valence-corrected chi connectivity index (χ2v) is 13.6. The predicted molar refractivity (Wildman–Crippen MR) is 140 cm³/mol. The summed E-state index contributed by atoms with van der Waals surface area (Å²) in [4.78, 5) is 8.53. The third-order valence-corrected chi connectivity index (χ3v) is 10.7. The van der Waals surface area contributed by atoms with Crippen molar-refractivity contribution in [2.45, 2.75) is 52.7 Å². The Kier molecular flexibility index (Phi) is 5.83. The molecule has 1 aliphatic heterocycles. The first-order valence-electron chi connectivity index (χ1n) is 12.3. The highest BCUT2D eigenvalue weighted by Gasteiger charge is 2.50. The Morgan fingerprint density at radius 3 is 2.57 bits per heavy atom. The van der Waals surface area contributed by atoms with E-state index in [1.54, 1.807) is 24.9 Å². The average Bonchev–Trinajstić information content (AvgIpc) is 3.47. The van der Waals surface area contributed by atoms with Crippen molar-refractivity contribution in [2.24, 2.45) is 5.41 Å². The summed E-state index contributed by atoms with van der Waals surface area (Å²) in [6.45, 7) is 2.06. The van der Waals surface area contributed by atoms with Crippen LogP contribution in [-0.4, -0.2) is 51.0 Å². The lowest BCUT2D eigenvalue weighted by Gasteiger charge is -2.44. The number of hydrogen-bond donors (Lipinski definition) is 1. The number of nitrogens with zero attached hydrogens (tertiary/aromatic N) is 2. The van der Waals surface area contributed by atoms with Crippen LogP contribution in [0.5, 0.6) is 0 Å². The van der Waals surface area contributed by atoms with Crippen LogP contribution < -0.4 is 9.62 Å². The van der Waals surface area contributed by atoms with Gasteiger partial charge in [0, 0.05) is 41.8 Å². The number of rotatable bonds is 8. The van der Waals surface area contributed by atoms with Crippen LogP contribution in [0.25, 0.3) is 10.9 Å². The normalized spacial score (nSPS) is 25.2. The maximum absolute atomic E-state index is 13.7. The van der Waals surface area contributed by atoms with E-state index in [-0.39, 0.29) is 15.1 Å². The van der Waals surface area contributed by atoms with Crippen LogP contribution in [0.4, 0.5) is 5.82 Å². The minimum atomic E-state index is -3.74. The van der Waals surface area contributed by atoms with E-state index in [9.17, 15) is 8.42 Å². The molecule has 0 atom stereocenters. The van der Waals surface area contributed by atoms with Crippen LogP contribution in [0, 0.1) is 5.41 Å². The second kappa shape index (κ2) is 8.76. The van der Waals surface area contributed by atoms with Gasteiger partial charge in [-0.1, -0.05) is 36.4 Å². The molecule has 0 unspecified atom stereocenters. The number of ether oxygens (including phenoxy) is 1. The highest BCUT2D eigenvalue weighted by atomic mass is 32.2. The molecule has 3 aliphatic rings. The number of thioether (sulfide) groups is 1. The molecule has 3 fully saturated rings. The van der Waals surface area contributed by atoms with Crippen LogP contribution in [0.2, 0.25) is 0 Å². The zero-order valence-electron chi connectivity index (χ0n) is 19.9. The third-order valence-electron chi connectivity index (χ3n) is 7.82. The Balaban J connectivity index is 1.27. The maximum Gasteiger partial charge on any atom is 0.244 e. The molecule has 6 nitrogen and oxygen atoms in total. The molecular weight excluding hydrogens is 478 g/mol. The summed E-state index contributed by atoms with van der Waals surface area (Å²) in [5.41, 5.74) is 1.04. The number of aromatic nitrogens is 1. The number of methoxy groups -OCH3 is 1. The van der Waals surface area contributed by atoms with Crippen molar-refractivity contribution < 1.29 is 13.2 Å². The fraction of sp³-hybridized carbons (Fsp3) is 0.444. The Bertz CT molecular complexity index is 1340. The molecule has 2 saturated carbocycles. The SMILES string of the molecule is COC1CC2(CCN(c3nc4ccccc4cc3S(=O)(=O)NCC3(Sc4ccccc4)CC3)C2)C1. The lowest BCUT2D eigenvalue weighted by atomic mass is 9.66. The van der Waals surface area contributed by atoms with Gasteiger partial charge >= 0.3 is 0 Å². The van der Waals surface area contributed by atoms with Crippen molar-refractivity contribution in [1.82, 2.24) is 9.71 Å². The van der Waals surface area contributed by atoms with E-state index in [0.29, 0.717) is 18.5 Å². The van der Waals surface area contributed by atoms with Gasteiger partial charge in [-0.15, -0.1) is 11.8 Å². The molecule has 3 aromatic rings. The van der Waals surface area contributed by atoms with Gasteiger partial charge in [-0.25, -0.2) is 18.1 Å². The maximum atomic E-state index is 13.7. The van der Waals surface area contributed by atoms with Crippen molar-refractivity contribution in [2.75, 3.05) is 31.6 Å². The van der Waals surface area contributed by atoms with Gasteiger partial charge in [0.1, 0.15) is 10.7 Å². The van der Waals surface area contributed by atoms with Crippen LogP contribution in [0.15, 0.2) is 70.5 Å². The van der Waals surface area contributed by atoms with E-state index in [1.807, 2.05) is 42.5 Å². The Morgan fingerprint density at radius 2 is 1.83 bits per heavy atom. The minimum Gasteiger partial charge on any atom is -0.381 e. The average molecular weight is 510 g/mol. The summed E-state index contributed by atoms with van der Waals surface area (Å²) in [6.07, 6.45) is 5.45. The van der Waals surface area contributed by atoms with Crippen molar-refractivity contribution in [3.63, 3.8) is 0 Å². The number of pyridine rings is 1. The molecule has 1 saturated heterocycles. The number of hydrogen-bond acceptors (Lipinski definition) is 6. The van der Waals surface area contributed by atoms with Gasteiger partial charge in [0.05, 0.1) is 11.6 Å². The Morgan fingerprint density at radius 1 is 1.09 bits per heavy atom. The number of nitrogens with one attached hydrogen (secondary N) is 1. The lowest BCUT2D eigenvalue weighted by molar-refractivity contribution is -0.0478. The largest absolute Gasteiger partial charge is 0.381 e. The summed E-state index contributed by atoms with van der Waals surface area (Å²) in [7, 11) is -1.97. The quantitative estimate of drug-likeness (QED) is 0.468. The molecule has 0 bridgehead atoms. The van der Waals surface area contributed by atoms with Gasteiger partial charge < -0.3 is 9.64 Å². The molecule has 2 heterocycles. The fourth-order valence-corrected chi connectivity index (χ4v) is 8.18. The topological polar surface area (TPSA) is 71.5 Å². The Hall–Kier alpha value is -2.13. The van der Waals surface area contributed by atoms with E-state index in [4.69, 9.17) is 9.72 Å². The van der Waals surface area contributed by atoms with Crippen LogP contribution in [0.1, 0.15) is 32.1 Å². The van der Waals surface area contributed by atoms with Gasteiger partial charge in [-0.05, 0) is 61.8 Å². The highest BCUT2D eigenvalue weighted by Crippen LogP contribution is 2.52. The summed E-state index contributed by atoms with van der Waals surface area (Å²) < 4.78 is 35.8. The van der Waals surface area contributed by atoms with Crippen molar-refractivity contribution in [3.8, 4) is 0 Å². The first kappa shape index (κ1) is 23.3. The third kappa shape index (κ3) is 4.57. The molecule has 1 N–H and O–H groups in total. The fourth-order valence-electron chi connectivity index (χ4n) is 5.53. The first-order valence-corrected chi connectivity index (χ1v) is 14.6. The van der Waals surface area contributed by atoms with Gasteiger partial charge in [0.15, 0.2) is 0 Å². The van der Waals surface area contributed by atoms with Gasteiger partial charge in [-0.3, -0.25) is 0 Å². The van der Waals surface area contributed by atoms with Crippen LogP contribution >= 0.6 is 11.8 Å². The van der Waals surface area contributed by atoms with Crippen molar-refractivity contribution >= 4 is 38.5 Å². The number of anilines is 1. The predicted octanol–water partition coefficient (Wildman–Crippen LogP) is 4.84. The summed E-state index contributed by atoms with van der Waals surface area (Å²) in [6, 6.07) is 19.8. The van der Waals surface area contributed by atoms with E-state index in [1.165, 1.54) is 4.90 Å². The summed E-state index contributed by atoms with van der Waals surface area (Å²) in [5, 5.41) is 0.841. The molecule has 6 rings (SSSR count). The van der Waals surface area contributed by atoms with E-state index < -0.39 is 10.0 Å². The van der Waals surface area contributed by atoms with Gasteiger partial charge in [-0.2, -0.15) is 0 Å². The van der Waals surface area contributed by atoms with E-state index in [2.05, 4.69) is 21.8 Å². The molecule has 0 amide bonds. The summed E-state index contributed by atoms with van der Waals surface area (Å²) >= 11 is 1.77. The molecule has 2 aromatic carbocycles. The number of fused-ring (bicyclic) bond motifs is 1. The highest BCUT2D eigenvalue weighted by molar-refractivity contribution is 8.01. The summed E-state index contributed by atoms with van der Waals surface area (Å²) in [5.74, 6) is 0.578. The first-order chi connectivity index (χ1) is 16.9. The monoisotopic (exact) mass is 509 g/mol. The molecule has 1 spiro atoms. The zero-order chi connectivity index (χ0) is 24.1. The van der Waals surface area contributed by atoms with Crippen LogP contribution in [0.3, 0.4) is 0 Å². The number of para-hydroxylation sites is 1. The lowest BCUT2D eigenvalue weighted by Crippen LogP contribution is -2.44. The molecule has 1 aromatic heterocycles. The van der Waals surface area contributed by atoms with E-state index in [0.717, 1.165) is 56.1 Å². The van der Waals surface area contributed by atoms with Gasteiger partial charge in [0.2, 0.25) is 10.0 Å². The standard InChI is InChI=1S/C27H31N3O3S2/c1-33-21-16-26(17-21)13-14-30(19-26)25-24(15-20-7-5-6-10-23(20)29-25)35(31,32)28-18-27(11-12-27)34-22-8-3-2-4-9-22/h2-10,15,21,28H,11-14,16-19H2,1H3. The molecule has 35 heavy (non-hydrogen) atoms. The van der Waals surface area contributed by atoms with Gasteiger partial charge in [0.25, 0.3) is 0 Å². The van der Waals surface area contributed by atoms with Crippen molar-refractivity contribution in [1.29, 1.82) is 0 Å². The molecule has 0 radical (unpaired) electrons. The molecule has 8 heteroatoms.